The minimum atomic E-state index is -0.450. The van der Waals surface area contributed by atoms with Gasteiger partial charge in [-0.25, -0.2) is 0 Å². The fraction of sp³-hybridized carbons (Fsp3) is 0.750. The number of amides is 2. The number of carbonyl (C=O) groups excluding carboxylic acids is 3. The molecule has 1 saturated heterocycles. The Bertz CT molecular complexity index is 337. The summed E-state index contributed by atoms with van der Waals surface area (Å²) >= 11 is 4.09. The Morgan fingerprint density at radius 1 is 1.24 bits per heavy atom. The van der Waals surface area contributed by atoms with Crippen LogP contribution in [0, 0.1) is 11.8 Å². The molecule has 0 aromatic carbocycles. The SMILES string of the molecule is O=CC1CCC(CN2C(=O)CC(S)C2=O)CC1. The van der Waals surface area contributed by atoms with Crippen LogP contribution in [0.15, 0.2) is 0 Å². The molecule has 4 nitrogen and oxygen atoms in total. The molecule has 0 spiro atoms. The number of rotatable bonds is 3. The van der Waals surface area contributed by atoms with Crippen LogP contribution in [0.2, 0.25) is 0 Å². The van der Waals surface area contributed by atoms with E-state index in [9.17, 15) is 14.4 Å². The first-order valence-electron chi connectivity index (χ1n) is 6.09. The van der Waals surface area contributed by atoms with E-state index in [1.165, 1.54) is 4.90 Å². The van der Waals surface area contributed by atoms with Crippen LogP contribution in [-0.4, -0.2) is 34.8 Å². The van der Waals surface area contributed by atoms with Gasteiger partial charge in [0, 0.05) is 18.9 Å². The van der Waals surface area contributed by atoms with Crippen LogP contribution in [-0.2, 0) is 14.4 Å². The van der Waals surface area contributed by atoms with Gasteiger partial charge in [0.15, 0.2) is 0 Å². The van der Waals surface area contributed by atoms with Gasteiger partial charge in [0.2, 0.25) is 11.8 Å². The number of likely N-dealkylation sites (tertiary alicyclic amines) is 1. The van der Waals surface area contributed by atoms with Gasteiger partial charge in [-0.05, 0) is 31.6 Å². The van der Waals surface area contributed by atoms with Gasteiger partial charge in [-0.1, -0.05) is 0 Å². The molecular formula is C12H17NO3S. The predicted octanol–water partition coefficient (Wildman–Crippen LogP) is 1.05. The molecule has 0 radical (unpaired) electrons. The molecule has 0 aromatic heterocycles. The summed E-state index contributed by atoms with van der Waals surface area (Å²) in [5.74, 6) is 0.273. The third-order valence-electron chi connectivity index (χ3n) is 3.74. The Labute approximate surface area is 106 Å². The molecular weight excluding hydrogens is 238 g/mol. The lowest BCUT2D eigenvalue weighted by molar-refractivity contribution is -0.139. The fourth-order valence-electron chi connectivity index (χ4n) is 2.62. The van der Waals surface area contributed by atoms with E-state index in [4.69, 9.17) is 0 Å². The van der Waals surface area contributed by atoms with Crippen LogP contribution < -0.4 is 0 Å². The molecule has 2 amide bonds. The molecule has 17 heavy (non-hydrogen) atoms. The first kappa shape index (κ1) is 12.6. The Hall–Kier alpha value is -0.840. The normalized spacial score (nSPS) is 34.2. The summed E-state index contributed by atoms with van der Waals surface area (Å²) in [6.07, 6.45) is 4.87. The molecule has 2 fully saturated rings. The molecule has 5 heteroatoms. The summed E-state index contributed by atoms with van der Waals surface area (Å²) in [6, 6.07) is 0. The summed E-state index contributed by atoms with van der Waals surface area (Å²) in [7, 11) is 0. The van der Waals surface area contributed by atoms with Crippen molar-refractivity contribution in [2.24, 2.45) is 11.8 Å². The number of nitrogens with zero attached hydrogens (tertiary/aromatic N) is 1. The van der Waals surface area contributed by atoms with Crippen molar-refractivity contribution < 1.29 is 14.4 Å². The van der Waals surface area contributed by atoms with E-state index >= 15 is 0 Å². The average Bonchev–Trinajstić information content (AvgIpc) is 2.57. The van der Waals surface area contributed by atoms with Crippen molar-refractivity contribution in [1.29, 1.82) is 0 Å². The van der Waals surface area contributed by atoms with Crippen molar-refractivity contribution in [3.8, 4) is 0 Å². The first-order valence-corrected chi connectivity index (χ1v) is 6.61. The van der Waals surface area contributed by atoms with Crippen molar-refractivity contribution in [3.63, 3.8) is 0 Å². The van der Waals surface area contributed by atoms with Gasteiger partial charge in [-0.2, -0.15) is 12.6 Å². The van der Waals surface area contributed by atoms with Gasteiger partial charge in [0.25, 0.3) is 0 Å². The second-order valence-electron chi connectivity index (χ2n) is 4.98. The second-order valence-corrected chi connectivity index (χ2v) is 5.60. The summed E-state index contributed by atoms with van der Waals surface area (Å²) in [5, 5.41) is -0.450. The lowest BCUT2D eigenvalue weighted by Crippen LogP contribution is -2.36. The number of hydrogen-bond acceptors (Lipinski definition) is 4. The van der Waals surface area contributed by atoms with E-state index in [2.05, 4.69) is 12.6 Å². The zero-order chi connectivity index (χ0) is 12.4. The predicted molar refractivity (Wildman–Crippen MR) is 65.6 cm³/mol. The Morgan fingerprint density at radius 2 is 1.88 bits per heavy atom. The van der Waals surface area contributed by atoms with E-state index in [0.717, 1.165) is 32.0 Å². The van der Waals surface area contributed by atoms with Gasteiger partial charge >= 0.3 is 0 Å². The number of imide groups is 1. The van der Waals surface area contributed by atoms with Crippen LogP contribution in [0.1, 0.15) is 32.1 Å². The van der Waals surface area contributed by atoms with Crippen LogP contribution in [0.25, 0.3) is 0 Å². The molecule has 1 saturated carbocycles. The quantitative estimate of drug-likeness (QED) is 0.466. The van der Waals surface area contributed by atoms with Crippen LogP contribution >= 0.6 is 12.6 Å². The Kier molecular flexibility index (Phi) is 3.86. The molecule has 0 bridgehead atoms. The number of hydrogen-bond donors (Lipinski definition) is 1. The molecule has 1 aliphatic heterocycles. The maximum atomic E-state index is 11.7. The molecule has 1 heterocycles. The highest BCUT2D eigenvalue weighted by atomic mass is 32.1. The van der Waals surface area contributed by atoms with Crippen LogP contribution in [0.3, 0.4) is 0 Å². The van der Waals surface area contributed by atoms with Crippen molar-refractivity contribution in [2.45, 2.75) is 37.4 Å². The van der Waals surface area contributed by atoms with E-state index in [-0.39, 0.29) is 24.2 Å². The molecule has 2 rings (SSSR count). The Morgan fingerprint density at radius 3 is 2.35 bits per heavy atom. The molecule has 1 aliphatic carbocycles. The number of aldehydes is 1. The monoisotopic (exact) mass is 255 g/mol. The minimum absolute atomic E-state index is 0.104. The summed E-state index contributed by atoms with van der Waals surface area (Å²) in [5.41, 5.74) is 0. The minimum Gasteiger partial charge on any atom is -0.303 e. The molecule has 94 valence electrons. The van der Waals surface area contributed by atoms with Gasteiger partial charge in [-0.3, -0.25) is 14.5 Å². The van der Waals surface area contributed by atoms with Crippen molar-refractivity contribution in [3.05, 3.63) is 0 Å². The largest absolute Gasteiger partial charge is 0.303 e. The van der Waals surface area contributed by atoms with Gasteiger partial charge in [-0.15, -0.1) is 0 Å². The van der Waals surface area contributed by atoms with Gasteiger partial charge in [0.05, 0.1) is 5.25 Å². The topological polar surface area (TPSA) is 54.5 Å². The summed E-state index contributed by atoms with van der Waals surface area (Å²) < 4.78 is 0. The zero-order valence-corrected chi connectivity index (χ0v) is 10.6. The lowest BCUT2D eigenvalue weighted by Gasteiger charge is -2.28. The number of carbonyl (C=O) groups is 3. The van der Waals surface area contributed by atoms with E-state index in [1.807, 2.05) is 0 Å². The first-order chi connectivity index (χ1) is 8.11. The van der Waals surface area contributed by atoms with Crippen molar-refractivity contribution in [2.75, 3.05) is 6.54 Å². The summed E-state index contributed by atoms with van der Waals surface area (Å²) in [4.78, 5) is 35.3. The standard InChI is InChI=1S/C12H17NO3S/c14-7-9-3-1-8(2-4-9)6-13-11(15)5-10(17)12(13)16/h7-10,17H,1-6H2. The third-order valence-corrected chi connectivity index (χ3v) is 4.15. The zero-order valence-electron chi connectivity index (χ0n) is 9.67. The maximum absolute atomic E-state index is 11.7. The highest BCUT2D eigenvalue weighted by Gasteiger charge is 2.37. The second kappa shape index (κ2) is 5.21. The maximum Gasteiger partial charge on any atom is 0.242 e. The van der Waals surface area contributed by atoms with E-state index in [1.54, 1.807) is 0 Å². The average molecular weight is 255 g/mol. The fourth-order valence-corrected chi connectivity index (χ4v) is 2.92. The molecule has 0 N–H and O–H groups in total. The lowest BCUT2D eigenvalue weighted by atomic mass is 9.82. The molecule has 1 unspecified atom stereocenters. The molecule has 0 aromatic rings. The smallest absolute Gasteiger partial charge is 0.242 e. The van der Waals surface area contributed by atoms with Crippen molar-refractivity contribution >= 4 is 30.7 Å². The summed E-state index contributed by atoms with van der Waals surface area (Å²) in [6.45, 7) is 0.514. The highest BCUT2D eigenvalue weighted by Crippen LogP contribution is 2.29. The molecule has 2 aliphatic rings. The molecule has 1 atom stereocenters. The van der Waals surface area contributed by atoms with Gasteiger partial charge in [0.1, 0.15) is 6.29 Å². The van der Waals surface area contributed by atoms with E-state index in [0.29, 0.717) is 12.5 Å². The van der Waals surface area contributed by atoms with Crippen LogP contribution in [0.5, 0.6) is 0 Å². The van der Waals surface area contributed by atoms with E-state index < -0.39 is 5.25 Å². The van der Waals surface area contributed by atoms with Gasteiger partial charge < -0.3 is 4.79 Å². The highest BCUT2D eigenvalue weighted by molar-refractivity contribution is 7.81. The van der Waals surface area contributed by atoms with Crippen LogP contribution in [0.4, 0.5) is 0 Å². The third kappa shape index (κ3) is 2.70. The van der Waals surface area contributed by atoms with Crippen molar-refractivity contribution in [1.82, 2.24) is 4.90 Å². The Balaban J connectivity index is 1.88. The number of thiol groups is 1.